The highest BCUT2D eigenvalue weighted by Crippen LogP contribution is 2.34. The van der Waals surface area contributed by atoms with E-state index in [2.05, 4.69) is 10.4 Å². The van der Waals surface area contributed by atoms with Crippen LogP contribution in [0.2, 0.25) is 10.0 Å². The zero-order valence-corrected chi connectivity index (χ0v) is 16.6. The van der Waals surface area contributed by atoms with Gasteiger partial charge in [-0.3, -0.25) is 9.48 Å². The van der Waals surface area contributed by atoms with Gasteiger partial charge in [-0.2, -0.15) is 5.10 Å². The van der Waals surface area contributed by atoms with Crippen molar-refractivity contribution >= 4 is 46.6 Å². The lowest BCUT2D eigenvalue weighted by atomic mass is 10.2. The summed E-state index contributed by atoms with van der Waals surface area (Å²) in [5.41, 5.74) is 1.45. The predicted molar refractivity (Wildman–Crippen MR) is 107 cm³/mol. The molecule has 134 valence electrons. The van der Waals surface area contributed by atoms with Gasteiger partial charge in [-0.1, -0.05) is 47.1 Å². The van der Waals surface area contributed by atoms with Crippen molar-refractivity contribution in [3.05, 3.63) is 70.5 Å². The number of halogens is 2. The van der Waals surface area contributed by atoms with Gasteiger partial charge in [0.2, 0.25) is 5.91 Å². The molecule has 0 saturated carbocycles. The molecule has 1 atom stereocenters. The maximum atomic E-state index is 12.6. The second-order valence-corrected chi connectivity index (χ2v) is 7.72. The van der Waals surface area contributed by atoms with Gasteiger partial charge in [0, 0.05) is 21.0 Å². The summed E-state index contributed by atoms with van der Waals surface area (Å²) in [5, 5.41) is 8.49. The molecule has 26 heavy (non-hydrogen) atoms. The lowest BCUT2D eigenvalue weighted by molar-refractivity contribution is -0.119. The lowest BCUT2D eigenvalue weighted by Crippen LogP contribution is -2.24. The molecule has 4 nitrogen and oxygen atoms in total. The summed E-state index contributed by atoms with van der Waals surface area (Å²) < 4.78 is 1.57. The average Bonchev–Trinajstić information content (AvgIpc) is 2.96. The third kappa shape index (κ3) is 4.41. The van der Waals surface area contributed by atoms with Crippen LogP contribution in [0.1, 0.15) is 18.7 Å². The molecule has 7 heteroatoms. The second kappa shape index (κ2) is 8.16. The van der Waals surface area contributed by atoms with Gasteiger partial charge in [-0.25, -0.2) is 0 Å². The molecule has 1 unspecified atom stereocenters. The number of amides is 1. The smallest absolute Gasteiger partial charge is 0.248 e. The third-order valence-electron chi connectivity index (χ3n) is 3.82. The number of hydrogen-bond acceptors (Lipinski definition) is 3. The largest absolute Gasteiger partial charge is 0.323 e. The molecular weight excluding hydrogens is 389 g/mol. The van der Waals surface area contributed by atoms with Crippen LogP contribution in [-0.2, 0) is 4.79 Å². The fraction of sp³-hybridized carbons (Fsp3) is 0.158. The molecular formula is C19H17Cl2N3OS. The van der Waals surface area contributed by atoms with Gasteiger partial charge in [-0.05, 0) is 50.2 Å². The summed E-state index contributed by atoms with van der Waals surface area (Å²) in [6, 6.07) is 14.8. The van der Waals surface area contributed by atoms with Gasteiger partial charge in [0.15, 0.2) is 0 Å². The van der Waals surface area contributed by atoms with E-state index in [0.29, 0.717) is 15.7 Å². The Bertz CT molecular complexity index is 905. The Morgan fingerprint density at radius 1 is 1.15 bits per heavy atom. The fourth-order valence-corrected chi connectivity index (χ4v) is 3.47. The molecule has 3 aromatic rings. The summed E-state index contributed by atoms with van der Waals surface area (Å²) in [6.07, 6.45) is 1.66. The predicted octanol–water partition coefficient (Wildman–Crippen LogP) is 5.85. The second-order valence-electron chi connectivity index (χ2n) is 5.76. The Balaban J connectivity index is 1.77. The van der Waals surface area contributed by atoms with Crippen molar-refractivity contribution < 1.29 is 4.79 Å². The number of nitrogens with one attached hydrogen (secondary N) is 1. The van der Waals surface area contributed by atoms with E-state index < -0.39 is 6.04 Å². The highest BCUT2D eigenvalue weighted by molar-refractivity contribution is 7.99. The fourth-order valence-electron chi connectivity index (χ4n) is 2.30. The highest BCUT2D eigenvalue weighted by atomic mass is 35.5. The van der Waals surface area contributed by atoms with Crippen molar-refractivity contribution in [3.63, 3.8) is 0 Å². The van der Waals surface area contributed by atoms with Crippen molar-refractivity contribution in [2.24, 2.45) is 0 Å². The maximum absolute atomic E-state index is 12.6. The number of benzene rings is 2. The van der Waals surface area contributed by atoms with Crippen LogP contribution in [0, 0.1) is 6.92 Å². The van der Waals surface area contributed by atoms with E-state index in [4.69, 9.17) is 23.2 Å². The number of carbonyl (C=O) groups is 1. The molecule has 0 saturated heterocycles. The molecule has 3 rings (SSSR count). The first-order valence-electron chi connectivity index (χ1n) is 7.98. The molecule has 0 fully saturated rings. The van der Waals surface area contributed by atoms with E-state index in [-0.39, 0.29) is 5.91 Å². The minimum Gasteiger partial charge on any atom is -0.323 e. The first-order valence-corrected chi connectivity index (χ1v) is 9.56. The van der Waals surface area contributed by atoms with Crippen LogP contribution in [0.3, 0.4) is 0 Å². The topological polar surface area (TPSA) is 46.9 Å². The molecule has 1 amide bonds. The number of carbonyl (C=O) groups excluding carboxylic acids is 1. The number of hydrogen-bond donors (Lipinski definition) is 1. The van der Waals surface area contributed by atoms with E-state index in [9.17, 15) is 4.79 Å². The number of aromatic nitrogens is 2. The molecule has 0 aliphatic rings. The number of rotatable bonds is 5. The molecule has 1 heterocycles. The van der Waals surface area contributed by atoms with Crippen LogP contribution in [0.15, 0.2) is 64.5 Å². The molecule has 0 spiro atoms. The van der Waals surface area contributed by atoms with Crippen LogP contribution >= 0.6 is 35.0 Å². The summed E-state index contributed by atoms with van der Waals surface area (Å²) in [7, 11) is 0. The first-order chi connectivity index (χ1) is 12.4. The van der Waals surface area contributed by atoms with E-state index in [1.165, 1.54) is 0 Å². The van der Waals surface area contributed by atoms with E-state index in [0.717, 1.165) is 15.5 Å². The summed E-state index contributed by atoms with van der Waals surface area (Å²) >= 11 is 13.5. The monoisotopic (exact) mass is 405 g/mol. The molecule has 0 aliphatic heterocycles. The minimum atomic E-state index is -0.477. The number of anilines is 1. The molecule has 2 aromatic carbocycles. The Hall–Kier alpha value is -1.95. The van der Waals surface area contributed by atoms with Crippen LogP contribution < -0.4 is 5.32 Å². The Morgan fingerprint density at radius 2 is 1.85 bits per heavy atom. The van der Waals surface area contributed by atoms with Gasteiger partial charge in [-0.15, -0.1) is 0 Å². The molecule has 0 radical (unpaired) electrons. The van der Waals surface area contributed by atoms with Gasteiger partial charge in [0.25, 0.3) is 0 Å². The van der Waals surface area contributed by atoms with E-state index >= 15 is 0 Å². The zero-order valence-electron chi connectivity index (χ0n) is 14.2. The average molecular weight is 406 g/mol. The summed E-state index contributed by atoms with van der Waals surface area (Å²) in [6.45, 7) is 3.59. The van der Waals surface area contributed by atoms with Crippen LogP contribution in [0.5, 0.6) is 0 Å². The standard InChI is InChI=1S/C19H17Cl2N3OS/c1-12-16(21)11-24(23-12)13(2)19(25)22-17-5-3-4-6-18(17)26-15-9-7-14(20)8-10-15/h3-11,13H,1-2H3,(H,22,25). The molecule has 0 bridgehead atoms. The van der Waals surface area contributed by atoms with Crippen LogP contribution in [0.4, 0.5) is 5.69 Å². The molecule has 1 aromatic heterocycles. The minimum absolute atomic E-state index is 0.159. The lowest BCUT2D eigenvalue weighted by Gasteiger charge is -2.15. The van der Waals surface area contributed by atoms with Gasteiger partial charge in [0.1, 0.15) is 6.04 Å². The van der Waals surface area contributed by atoms with Crippen molar-refractivity contribution in [1.82, 2.24) is 9.78 Å². The van der Waals surface area contributed by atoms with Crippen molar-refractivity contribution in [1.29, 1.82) is 0 Å². The van der Waals surface area contributed by atoms with E-state index in [1.54, 1.807) is 29.6 Å². The van der Waals surface area contributed by atoms with Gasteiger partial charge in [0.05, 0.1) is 16.4 Å². The summed E-state index contributed by atoms with van der Waals surface area (Å²) in [4.78, 5) is 14.6. The van der Waals surface area contributed by atoms with Crippen LogP contribution in [0.25, 0.3) is 0 Å². The van der Waals surface area contributed by atoms with Gasteiger partial charge >= 0.3 is 0 Å². The SMILES string of the molecule is Cc1nn(C(C)C(=O)Nc2ccccc2Sc2ccc(Cl)cc2)cc1Cl. The number of nitrogens with zero attached hydrogens (tertiary/aromatic N) is 2. The quantitative estimate of drug-likeness (QED) is 0.578. The van der Waals surface area contributed by atoms with Gasteiger partial charge < -0.3 is 5.32 Å². The maximum Gasteiger partial charge on any atom is 0.248 e. The first kappa shape index (κ1) is 18.8. The molecule has 1 N–H and O–H groups in total. The highest BCUT2D eigenvalue weighted by Gasteiger charge is 2.18. The zero-order chi connectivity index (χ0) is 18.7. The third-order valence-corrected chi connectivity index (χ3v) is 5.53. The molecule has 0 aliphatic carbocycles. The number of para-hydroxylation sites is 1. The van der Waals surface area contributed by atoms with Crippen LogP contribution in [-0.4, -0.2) is 15.7 Å². The van der Waals surface area contributed by atoms with Crippen molar-refractivity contribution in [2.45, 2.75) is 29.7 Å². The Morgan fingerprint density at radius 3 is 2.50 bits per heavy atom. The Kier molecular flexibility index (Phi) is 5.91. The Labute approximate surface area is 166 Å². The van der Waals surface area contributed by atoms with E-state index in [1.807, 2.05) is 55.5 Å². The normalized spacial score (nSPS) is 12.0. The number of aryl methyl sites for hydroxylation is 1. The van der Waals surface area contributed by atoms with Crippen molar-refractivity contribution in [2.75, 3.05) is 5.32 Å². The van der Waals surface area contributed by atoms with Crippen molar-refractivity contribution in [3.8, 4) is 0 Å². The summed E-state index contributed by atoms with van der Waals surface area (Å²) in [5.74, 6) is -0.159.